The first-order valence-corrected chi connectivity index (χ1v) is 7.49. The Labute approximate surface area is 131 Å². The van der Waals surface area contributed by atoms with Crippen LogP contribution in [0.4, 0.5) is 0 Å². The van der Waals surface area contributed by atoms with E-state index in [4.69, 9.17) is 9.47 Å². The third-order valence-electron chi connectivity index (χ3n) is 3.86. The zero-order chi connectivity index (χ0) is 16.9. The van der Waals surface area contributed by atoms with E-state index >= 15 is 0 Å². The molecule has 0 amide bonds. The fourth-order valence-electron chi connectivity index (χ4n) is 2.29. The average molecular weight is 316 g/mol. The van der Waals surface area contributed by atoms with Crippen molar-refractivity contribution < 1.29 is 29.9 Å². The molecule has 0 bridgehead atoms. The van der Waals surface area contributed by atoms with Crippen molar-refractivity contribution in [1.82, 2.24) is 0 Å². The summed E-state index contributed by atoms with van der Waals surface area (Å²) in [4.78, 5) is 0. The minimum atomic E-state index is -1.44. The number of rotatable bonds is 7. The first-order valence-electron chi connectivity index (χ1n) is 7.49. The molecule has 1 saturated heterocycles. The molecule has 0 spiro atoms. The van der Waals surface area contributed by atoms with Gasteiger partial charge in [-0.2, -0.15) is 0 Å². The van der Waals surface area contributed by atoms with E-state index in [1.807, 2.05) is 13.8 Å². The number of aliphatic hydroxyl groups excluding tert-OH is 4. The van der Waals surface area contributed by atoms with Crippen molar-refractivity contribution in [3.63, 3.8) is 0 Å². The largest absolute Gasteiger partial charge is 0.394 e. The highest BCUT2D eigenvalue weighted by atomic mass is 16.7. The van der Waals surface area contributed by atoms with Gasteiger partial charge in [-0.15, -0.1) is 6.58 Å². The van der Waals surface area contributed by atoms with Gasteiger partial charge in [0, 0.05) is 0 Å². The van der Waals surface area contributed by atoms with Crippen LogP contribution in [-0.4, -0.2) is 63.3 Å². The van der Waals surface area contributed by atoms with Crippen molar-refractivity contribution in [2.75, 3.05) is 6.61 Å². The zero-order valence-electron chi connectivity index (χ0n) is 13.5. The number of ether oxygens (including phenoxy) is 2. The fraction of sp³-hybridized carbons (Fsp3) is 0.750. The van der Waals surface area contributed by atoms with Gasteiger partial charge in [-0.1, -0.05) is 17.7 Å². The summed E-state index contributed by atoms with van der Waals surface area (Å²) in [5, 5.41) is 38.7. The molecule has 0 aliphatic carbocycles. The molecule has 0 aromatic rings. The number of aliphatic hydroxyl groups is 4. The van der Waals surface area contributed by atoms with E-state index in [-0.39, 0.29) is 0 Å². The first-order chi connectivity index (χ1) is 10.2. The lowest BCUT2D eigenvalue weighted by atomic mass is 9.96. The molecule has 0 aromatic carbocycles. The Morgan fingerprint density at radius 1 is 1.23 bits per heavy atom. The molecule has 6 nitrogen and oxygen atoms in total. The molecule has 22 heavy (non-hydrogen) atoms. The smallest absolute Gasteiger partial charge is 0.187 e. The van der Waals surface area contributed by atoms with Gasteiger partial charge in [-0.25, -0.2) is 0 Å². The highest BCUT2D eigenvalue weighted by Gasteiger charge is 2.45. The van der Waals surface area contributed by atoms with Gasteiger partial charge in [0.25, 0.3) is 0 Å². The molecule has 0 radical (unpaired) electrons. The van der Waals surface area contributed by atoms with Gasteiger partial charge < -0.3 is 29.9 Å². The molecular formula is C16H28O6. The molecule has 0 saturated carbocycles. The van der Waals surface area contributed by atoms with Crippen LogP contribution in [0.5, 0.6) is 0 Å². The number of allylic oxidation sites excluding steroid dienone is 2. The molecule has 4 N–H and O–H groups in total. The van der Waals surface area contributed by atoms with Gasteiger partial charge in [0.1, 0.15) is 24.4 Å². The maximum Gasteiger partial charge on any atom is 0.187 e. The normalized spacial score (nSPS) is 34.8. The van der Waals surface area contributed by atoms with Crippen LogP contribution in [0, 0.1) is 0 Å². The van der Waals surface area contributed by atoms with Gasteiger partial charge >= 0.3 is 0 Å². The highest BCUT2D eigenvalue weighted by Crippen LogP contribution is 2.29. The van der Waals surface area contributed by atoms with Gasteiger partial charge in [0.15, 0.2) is 6.29 Å². The molecule has 6 atom stereocenters. The molecular weight excluding hydrogens is 288 g/mol. The molecule has 1 fully saturated rings. The summed E-state index contributed by atoms with van der Waals surface area (Å²) in [7, 11) is 0. The van der Waals surface area contributed by atoms with Crippen LogP contribution in [-0.2, 0) is 9.47 Å². The second-order valence-electron chi connectivity index (χ2n) is 6.15. The van der Waals surface area contributed by atoms with Crippen LogP contribution in [0.3, 0.4) is 0 Å². The van der Waals surface area contributed by atoms with E-state index in [2.05, 4.69) is 12.7 Å². The maximum absolute atomic E-state index is 10.0. The summed E-state index contributed by atoms with van der Waals surface area (Å²) in [6.45, 7) is 9.08. The standard InChI is InChI=1S/C16H28O6/c1-5-16(4,8-6-7-10(2)3)22-15-14(20)13(19)12(18)11(9-17)21-15/h5,7,11-15,17-20H,1,6,8-9H2,2-4H3/t11-,12-,13+,14-,15+,16?/m1/s1. The zero-order valence-corrected chi connectivity index (χ0v) is 13.5. The van der Waals surface area contributed by atoms with Crippen LogP contribution < -0.4 is 0 Å². The minimum Gasteiger partial charge on any atom is -0.394 e. The van der Waals surface area contributed by atoms with Crippen molar-refractivity contribution in [1.29, 1.82) is 0 Å². The fourth-order valence-corrected chi connectivity index (χ4v) is 2.29. The highest BCUT2D eigenvalue weighted by molar-refractivity contribution is 5.00. The van der Waals surface area contributed by atoms with Crippen LogP contribution in [0.15, 0.2) is 24.3 Å². The Morgan fingerprint density at radius 2 is 1.86 bits per heavy atom. The third-order valence-corrected chi connectivity index (χ3v) is 3.86. The lowest BCUT2D eigenvalue weighted by molar-refractivity contribution is -0.319. The monoisotopic (exact) mass is 316 g/mol. The van der Waals surface area contributed by atoms with Crippen molar-refractivity contribution in [2.24, 2.45) is 0 Å². The van der Waals surface area contributed by atoms with Gasteiger partial charge in [0.05, 0.1) is 12.2 Å². The van der Waals surface area contributed by atoms with Crippen LogP contribution >= 0.6 is 0 Å². The lowest BCUT2D eigenvalue weighted by Crippen LogP contribution is -2.60. The Kier molecular flexibility index (Phi) is 7.18. The van der Waals surface area contributed by atoms with E-state index < -0.39 is 42.9 Å². The molecule has 1 aliphatic heterocycles. The number of hydrogen-bond donors (Lipinski definition) is 4. The first kappa shape index (κ1) is 19.3. The Hall–Kier alpha value is -0.760. The summed E-state index contributed by atoms with van der Waals surface area (Å²) in [6, 6.07) is 0. The second-order valence-corrected chi connectivity index (χ2v) is 6.15. The molecule has 1 unspecified atom stereocenters. The van der Waals surface area contributed by atoms with Crippen LogP contribution in [0.2, 0.25) is 0 Å². The van der Waals surface area contributed by atoms with Gasteiger partial charge in [-0.05, 0) is 33.6 Å². The van der Waals surface area contributed by atoms with E-state index in [0.717, 1.165) is 6.42 Å². The molecule has 1 heterocycles. The van der Waals surface area contributed by atoms with Crippen molar-refractivity contribution in [3.8, 4) is 0 Å². The van der Waals surface area contributed by atoms with Gasteiger partial charge in [0.2, 0.25) is 0 Å². The molecule has 0 aromatic heterocycles. The predicted molar refractivity (Wildman–Crippen MR) is 82.1 cm³/mol. The Morgan fingerprint density at radius 3 is 2.36 bits per heavy atom. The average Bonchev–Trinajstić information content (AvgIpc) is 2.47. The quantitative estimate of drug-likeness (QED) is 0.510. The van der Waals surface area contributed by atoms with E-state index in [1.165, 1.54) is 5.57 Å². The van der Waals surface area contributed by atoms with E-state index in [1.54, 1.807) is 13.0 Å². The summed E-state index contributed by atoms with van der Waals surface area (Å²) in [6.07, 6.45) is -1.28. The van der Waals surface area contributed by atoms with Crippen LogP contribution in [0.25, 0.3) is 0 Å². The van der Waals surface area contributed by atoms with Gasteiger partial charge in [-0.3, -0.25) is 0 Å². The van der Waals surface area contributed by atoms with E-state index in [9.17, 15) is 20.4 Å². The third kappa shape index (κ3) is 4.87. The minimum absolute atomic E-state index is 0.479. The van der Waals surface area contributed by atoms with Crippen molar-refractivity contribution in [3.05, 3.63) is 24.3 Å². The summed E-state index contributed by atoms with van der Waals surface area (Å²) >= 11 is 0. The second kappa shape index (κ2) is 8.19. The topological polar surface area (TPSA) is 99.4 Å². The summed E-state index contributed by atoms with van der Waals surface area (Å²) in [5.74, 6) is 0. The Balaban J connectivity index is 2.75. The maximum atomic E-state index is 10.0. The lowest BCUT2D eigenvalue weighted by Gasteiger charge is -2.42. The number of hydrogen-bond acceptors (Lipinski definition) is 6. The molecule has 6 heteroatoms. The summed E-state index contributed by atoms with van der Waals surface area (Å²) in [5.41, 5.74) is 0.429. The predicted octanol–water partition coefficient (Wildman–Crippen LogP) is 0.494. The van der Waals surface area contributed by atoms with Crippen LogP contribution in [0.1, 0.15) is 33.6 Å². The Bertz CT molecular complexity index is 390. The molecule has 1 aliphatic rings. The SMILES string of the molecule is C=CC(C)(CCC=C(C)C)O[C@@H]1O[C@H](CO)[C@@H](O)[C@H](O)[C@H]1O. The summed E-state index contributed by atoms with van der Waals surface area (Å²) < 4.78 is 11.1. The van der Waals surface area contributed by atoms with E-state index in [0.29, 0.717) is 6.42 Å². The molecule has 128 valence electrons. The molecule has 1 rings (SSSR count). The van der Waals surface area contributed by atoms with Crippen molar-refractivity contribution >= 4 is 0 Å². The van der Waals surface area contributed by atoms with Crippen molar-refractivity contribution in [2.45, 2.75) is 69.9 Å².